The fourth-order valence-corrected chi connectivity index (χ4v) is 1.80. The second kappa shape index (κ2) is 4.71. The third kappa shape index (κ3) is 2.34. The molecule has 82 valence electrons. The van der Waals surface area contributed by atoms with Gasteiger partial charge in [-0.3, -0.25) is 0 Å². The number of thiophene rings is 1. The molecule has 0 saturated carbocycles. The number of hydrogen-bond donors (Lipinski definition) is 1. The average Bonchev–Trinajstić information content (AvgIpc) is 2.74. The molecule has 2 aromatic rings. The average molecular weight is 235 g/mol. The quantitative estimate of drug-likeness (QED) is 0.815. The number of rotatable bonds is 3. The zero-order chi connectivity index (χ0) is 11.4. The van der Waals surface area contributed by atoms with Gasteiger partial charge in [0, 0.05) is 12.4 Å². The van der Waals surface area contributed by atoms with E-state index in [9.17, 15) is 4.79 Å². The number of esters is 1. The third-order valence-electron chi connectivity index (χ3n) is 1.83. The molecule has 16 heavy (non-hydrogen) atoms. The van der Waals surface area contributed by atoms with Gasteiger partial charge in [-0.15, -0.1) is 11.3 Å². The number of carbonyl (C=O) groups excluding carboxylic acids is 1. The van der Waals surface area contributed by atoms with Crippen molar-refractivity contribution in [3.63, 3.8) is 0 Å². The van der Waals surface area contributed by atoms with E-state index in [1.54, 1.807) is 29.9 Å². The van der Waals surface area contributed by atoms with Crippen LogP contribution in [0.25, 0.3) is 0 Å². The standard InChI is InChI=1S/C10H9N3O2S/c11-7-2-5-16-9(7)10(14)15-6-8-12-3-1-4-13-8/h1-5H,6,11H2. The number of aromatic nitrogens is 2. The molecule has 0 unspecified atom stereocenters. The van der Waals surface area contributed by atoms with Gasteiger partial charge in [-0.25, -0.2) is 14.8 Å². The first kappa shape index (κ1) is 10.6. The Bertz CT molecular complexity index is 484. The Balaban J connectivity index is 1.97. The Kier molecular flexibility index (Phi) is 3.11. The van der Waals surface area contributed by atoms with Crippen molar-refractivity contribution >= 4 is 23.0 Å². The molecule has 0 amide bonds. The molecule has 6 heteroatoms. The smallest absolute Gasteiger partial charge is 0.350 e. The van der Waals surface area contributed by atoms with Gasteiger partial charge in [0.1, 0.15) is 4.88 Å². The molecule has 0 fully saturated rings. The topological polar surface area (TPSA) is 78.1 Å². The van der Waals surface area contributed by atoms with Crippen molar-refractivity contribution < 1.29 is 9.53 Å². The molecule has 0 radical (unpaired) electrons. The van der Waals surface area contributed by atoms with Crippen molar-refractivity contribution in [3.05, 3.63) is 40.6 Å². The predicted octanol–water partition coefficient (Wildman–Crippen LogP) is 1.48. The van der Waals surface area contributed by atoms with Gasteiger partial charge < -0.3 is 10.5 Å². The summed E-state index contributed by atoms with van der Waals surface area (Å²) in [6, 6.07) is 3.36. The van der Waals surface area contributed by atoms with Gasteiger partial charge in [0.2, 0.25) is 0 Å². The van der Waals surface area contributed by atoms with Crippen LogP contribution >= 0.6 is 11.3 Å². The maximum atomic E-state index is 11.6. The molecule has 0 aliphatic heterocycles. The molecular weight excluding hydrogens is 226 g/mol. The summed E-state index contributed by atoms with van der Waals surface area (Å²) < 4.78 is 5.02. The molecule has 0 aromatic carbocycles. The monoisotopic (exact) mass is 235 g/mol. The van der Waals surface area contributed by atoms with Crippen LogP contribution in [0, 0.1) is 0 Å². The van der Waals surface area contributed by atoms with Gasteiger partial charge in [0.25, 0.3) is 0 Å². The van der Waals surface area contributed by atoms with Gasteiger partial charge >= 0.3 is 5.97 Å². The highest BCUT2D eigenvalue weighted by molar-refractivity contribution is 7.12. The first-order valence-electron chi connectivity index (χ1n) is 4.53. The van der Waals surface area contributed by atoms with Crippen LogP contribution in [0.4, 0.5) is 5.69 Å². The SMILES string of the molecule is Nc1ccsc1C(=O)OCc1ncccn1. The van der Waals surface area contributed by atoms with E-state index >= 15 is 0 Å². The Morgan fingerprint density at radius 1 is 1.44 bits per heavy atom. The number of nitrogen functional groups attached to an aromatic ring is 1. The molecule has 0 saturated heterocycles. The number of ether oxygens (including phenoxy) is 1. The summed E-state index contributed by atoms with van der Waals surface area (Å²) in [5, 5.41) is 1.74. The van der Waals surface area contributed by atoms with Crippen LogP contribution < -0.4 is 5.73 Å². The van der Waals surface area contributed by atoms with E-state index in [1.165, 1.54) is 11.3 Å². The van der Waals surface area contributed by atoms with Crippen molar-refractivity contribution in [1.82, 2.24) is 9.97 Å². The second-order valence-electron chi connectivity index (χ2n) is 2.95. The Morgan fingerprint density at radius 3 is 2.81 bits per heavy atom. The van der Waals surface area contributed by atoms with Crippen molar-refractivity contribution in [3.8, 4) is 0 Å². The van der Waals surface area contributed by atoms with Gasteiger partial charge in [0.05, 0.1) is 5.69 Å². The maximum Gasteiger partial charge on any atom is 0.350 e. The van der Waals surface area contributed by atoms with Gasteiger partial charge in [-0.1, -0.05) is 0 Å². The largest absolute Gasteiger partial charge is 0.453 e. The summed E-state index contributed by atoms with van der Waals surface area (Å²) >= 11 is 1.25. The fraction of sp³-hybridized carbons (Fsp3) is 0.100. The first-order chi connectivity index (χ1) is 7.77. The lowest BCUT2D eigenvalue weighted by Crippen LogP contribution is -2.07. The molecular formula is C10H9N3O2S. The minimum absolute atomic E-state index is 0.0526. The molecule has 5 nitrogen and oxygen atoms in total. The van der Waals surface area contributed by atoms with Crippen LogP contribution in [-0.2, 0) is 11.3 Å². The second-order valence-corrected chi connectivity index (χ2v) is 3.86. The molecule has 0 bridgehead atoms. The van der Waals surface area contributed by atoms with E-state index in [-0.39, 0.29) is 6.61 Å². The summed E-state index contributed by atoms with van der Waals surface area (Å²) in [5.41, 5.74) is 6.02. The van der Waals surface area contributed by atoms with Crippen LogP contribution in [0.15, 0.2) is 29.9 Å². The van der Waals surface area contributed by atoms with E-state index in [0.717, 1.165) is 0 Å². The molecule has 0 spiro atoms. The number of nitrogens with zero attached hydrogens (tertiary/aromatic N) is 2. The predicted molar refractivity (Wildman–Crippen MR) is 59.9 cm³/mol. The maximum absolute atomic E-state index is 11.6. The zero-order valence-electron chi connectivity index (χ0n) is 8.29. The molecule has 0 aliphatic carbocycles. The Morgan fingerprint density at radius 2 is 2.19 bits per heavy atom. The van der Waals surface area contributed by atoms with Crippen molar-refractivity contribution in [2.24, 2.45) is 0 Å². The van der Waals surface area contributed by atoms with Gasteiger partial charge in [-0.2, -0.15) is 0 Å². The van der Waals surface area contributed by atoms with E-state index < -0.39 is 5.97 Å². The third-order valence-corrected chi connectivity index (χ3v) is 2.74. The molecule has 2 aromatic heterocycles. The Labute approximate surface area is 95.9 Å². The highest BCUT2D eigenvalue weighted by atomic mass is 32.1. The highest BCUT2D eigenvalue weighted by Gasteiger charge is 2.12. The summed E-state index contributed by atoms with van der Waals surface area (Å²) in [6.07, 6.45) is 3.19. The lowest BCUT2D eigenvalue weighted by molar-refractivity contribution is 0.0469. The molecule has 0 aliphatic rings. The van der Waals surface area contributed by atoms with E-state index in [4.69, 9.17) is 10.5 Å². The molecule has 2 rings (SSSR count). The van der Waals surface area contributed by atoms with Crippen LogP contribution in [-0.4, -0.2) is 15.9 Å². The summed E-state index contributed by atoms with van der Waals surface area (Å²) in [7, 11) is 0. The number of nitrogens with two attached hydrogens (primary N) is 1. The van der Waals surface area contributed by atoms with Crippen LogP contribution in [0.3, 0.4) is 0 Å². The number of anilines is 1. The lowest BCUT2D eigenvalue weighted by atomic mass is 10.4. The summed E-state index contributed by atoms with van der Waals surface area (Å²) in [5.74, 6) is 0.0194. The minimum atomic E-state index is -0.444. The van der Waals surface area contributed by atoms with Crippen LogP contribution in [0.5, 0.6) is 0 Å². The molecule has 2 heterocycles. The molecule has 2 N–H and O–H groups in total. The van der Waals surface area contributed by atoms with E-state index in [2.05, 4.69) is 9.97 Å². The molecule has 0 atom stereocenters. The van der Waals surface area contributed by atoms with Crippen molar-refractivity contribution in [2.45, 2.75) is 6.61 Å². The van der Waals surface area contributed by atoms with Crippen LogP contribution in [0.1, 0.15) is 15.5 Å². The van der Waals surface area contributed by atoms with E-state index in [0.29, 0.717) is 16.4 Å². The summed E-state index contributed by atoms with van der Waals surface area (Å²) in [6.45, 7) is 0.0526. The van der Waals surface area contributed by atoms with E-state index in [1.807, 2.05) is 0 Å². The Hall–Kier alpha value is -1.95. The highest BCUT2D eigenvalue weighted by Crippen LogP contribution is 2.19. The number of hydrogen-bond acceptors (Lipinski definition) is 6. The van der Waals surface area contributed by atoms with Gasteiger partial charge in [-0.05, 0) is 17.5 Å². The zero-order valence-corrected chi connectivity index (χ0v) is 9.11. The van der Waals surface area contributed by atoms with Crippen molar-refractivity contribution in [2.75, 3.05) is 5.73 Å². The normalized spacial score (nSPS) is 10.0. The summed E-state index contributed by atoms with van der Waals surface area (Å²) in [4.78, 5) is 19.8. The first-order valence-corrected chi connectivity index (χ1v) is 5.41. The fourth-order valence-electron chi connectivity index (χ4n) is 1.09. The number of carbonyl (C=O) groups is 1. The minimum Gasteiger partial charge on any atom is -0.453 e. The van der Waals surface area contributed by atoms with Crippen molar-refractivity contribution in [1.29, 1.82) is 0 Å². The van der Waals surface area contributed by atoms with Crippen LogP contribution in [0.2, 0.25) is 0 Å². The lowest BCUT2D eigenvalue weighted by Gasteiger charge is -2.02. The van der Waals surface area contributed by atoms with Gasteiger partial charge in [0.15, 0.2) is 12.4 Å².